The zero-order valence-electron chi connectivity index (χ0n) is 37.6. The minimum Gasteiger partial charge on any atom is -0.0746 e. The summed E-state index contributed by atoms with van der Waals surface area (Å²) < 4.78 is 7.50. The van der Waals surface area contributed by atoms with Gasteiger partial charge in [0.05, 0.1) is 0 Å². The maximum Gasteiger partial charge on any atom is 0.00405 e. The molecule has 0 aromatic heterocycles. The first kappa shape index (κ1) is 51.9. The average molecular weight is 1040 g/mol. The number of rotatable bonds is 17. The molecule has 0 aliphatic heterocycles. The molecule has 0 N–H and O–H groups in total. The van der Waals surface area contributed by atoms with Crippen LogP contribution in [0.3, 0.4) is 0 Å². The minimum absolute atomic E-state index is 0. The van der Waals surface area contributed by atoms with Crippen molar-refractivity contribution in [1.82, 2.24) is 0 Å². The summed E-state index contributed by atoms with van der Waals surface area (Å²) in [5, 5.41) is 13.3. The van der Waals surface area contributed by atoms with Gasteiger partial charge in [0.1, 0.15) is 0 Å². The van der Waals surface area contributed by atoms with Crippen LogP contribution >= 0.6 is 39.6 Å². The van der Waals surface area contributed by atoms with E-state index >= 15 is 0 Å². The van der Waals surface area contributed by atoms with Crippen LogP contribution in [0.4, 0.5) is 0 Å². The van der Waals surface area contributed by atoms with E-state index in [1.54, 1.807) is 5.30 Å². The van der Waals surface area contributed by atoms with Gasteiger partial charge in [0.25, 0.3) is 0 Å². The van der Waals surface area contributed by atoms with Gasteiger partial charge in [-0.2, -0.15) is 0 Å². The Balaban J connectivity index is 0.000000219. The summed E-state index contributed by atoms with van der Waals surface area (Å²) in [5.41, 5.74) is 0. The Kier molecular flexibility index (Phi) is 22.8. The van der Waals surface area contributed by atoms with Crippen molar-refractivity contribution < 1.29 is 25.7 Å². The number of hydrogen-bond acceptors (Lipinski definition) is 0. The second-order valence-electron chi connectivity index (χ2n) is 15.3. The number of hydrogen-bond donors (Lipinski definition) is 0. The molecule has 0 spiro atoms. The van der Waals surface area contributed by atoms with Crippen LogP contribution in [0.1, 0.15) is 0 Å². The molecule has 9 rings (SSSR count). The Hall–Kier alpha value is -4.44. The summed E-state index contributed by atoms with van der Waals surface area (Å²) in [6.45, 7) is 4.50. The Morgan fingerprint density at radius 2 is 0.388 bits per heavy atom. The Bertz CT molecular complexity index is 2360. The fourth-order valence-electron chi connectivity index (χ4n) is 7.89. The standard InChI is InChI=1S/C34H33P3.C25H22P2.CO.Mo/c1-6-16-30(17-7-1)35(26-28-36(31-18-8-2-9-19-31)32-20-10-3-11-21-32)27-29-37(33-22-12-4-13-23-33)34-24-14-5-15-25-34;1-5-13-22(14-6-1)26(23-15-7-2-8-16-23)21-27(24-17-9-3-10-18-24)25-19-11-4-12-20-25;1-2;/h1-25H,26-29H2;1-20H,21H2;;. The third kappa shape index (κ3) is 15.8. The fraction of sp³-hybridized carbons (Fsp3) is 0.0833. The van der Waals surface area contributed by atoms with Crippen LogP contribution in [-0.2, 0) is 25.7 Å². The van der Waals surface area contributed by atoms with E-state index in [0.29, 0.717) is 0 Å². The molecular weight excluding hydrogens is 987 g/mol. The molecule has 0 unspecified atom stereocenters. The van der Waals surface area contributed by atoms with Crippen molar-refractivity contribution in [3.8, 4) is 0 Å². The smallest absolute Gasteiger partial charge is 0.00405 e. The molecule has 0 atom stereocenters. The molecular formula is C60H55MoOP5. The summed E-state index contributed by atoms with van der Waals surface area (Å²) in [4.78, 5) is 0. The molecule has 9 aromatic rings. The predicted octanol–water partition coefficient (Wildman–Crippen LogP) is 12.2. The normalized spacial score (nSPS) is 10.7. The van der Waals surface area contributed by atoms with E-state index in [0.717, 1.165) is 0 Å². The summed E-state index contributed by atoms with van der Waals surface area (Å²) in [5.74, 6) is 1.17. The van der Waals surface area contributed by atoms with Gasteiger partial charge in [-0.25, -0.2) is 0 Å². The fourth-order valence-corrected chi connectivity index (χ4v) is 23.0. The van der Waals surface area contributed by atoms with E-state index in [1.807, 2.05) is 0 Å². The van der Waals surface area contributed by atoms with Crippen LogP contribution in [-0.4, -0.2) is 30.6 Å². The van der Waals surface area contributed by atoms with E-state index in [9.17, 15) is 0 Å². The van der Waals surface area contributed by atoms with Gasteiger partial charge < -0.3 is 0 Å². The van der Waals surface area contributed by atoms with E-state index in [4.69, 9.17) is 4.65 Å². The third-order valence-corrected chi connectivity index (χ3v) is 25.4. The topological polar surface area (TPSA) is 19.9 Å². The monoisotopic (exact) mass is 1040 g/mol. The summed E-state index contributed by atoms with van der Waals surface area (Å²) in [7, 11) is -1.80. The van der Waals surface area contributed by atoms with Crippen LogP contribution < -0.4 is 47.7 Å². The first-order valence-electron chi connectivity index (χ1n) is 22.3. The minimum atomic E-state index is -0.409. The molecule has 0 bridgehead atoms. The quantitative estimate of drug-likeness (QED) is 0.0375. The summed E-state index contributed by atoms with van der Waals surface area (Å²) in [6.07, 6.45) is 5.00. The van der Waals surface area contributed by atoms with Gasteiger partial charge in [-0.15, -0.1) is 0 Å². The second kappa shape index (κ2) is 29.4. The van der Waals surface area contributed by atoms with Gasteiger partial charge in [0.2, 0.25) is 0 Å². The van der Waals surface area contributed by atoms with Crippen LogP contribution in [0.25, 0.3) is 0 Å². The third-order valence-electron chi connectivity index (χ3n) is 11.1. The maximum atomic E-state index is 7.50. The zero-order valence-corrected chi connectivity index (χ0v) is 44.0. The van der Waals surface area contributed by atoms with Crippen molar-refractivity contribution in [3.63, 3.8) is 0 Å². The van der Waals surface area contributed by atoms with E-state index in [-0.39, 0.29) is 44.8 Å². The van der Waals surface area contributed by atoms with Crippen molar-refractivity contribution in [1.29, 1.82) is 0 Å². The van der Waals surface area contributed by atoms with Crippen LogP contribution in [0.5, 0.6) is 0 Å². The molecule has 0 fully saturated rings. The number of benzene rings is 9. The van der Waals surface area contributed by atoms with E-state index in [1.165, 1.54) is 73.0 Å². The summed E-state index contributed by atoms with van der Waals surface area (Å²) in [6, 6.07) is 100. The van der Waals surface area contributed by atoms with Crippen molar-refractivity contribution in [2.45, 2.75) is 0 Å². The van der Waals surface area contributed by atoms with Crippen molar-refractivity contribution in [3.05, 3.63) is 280 Å². The van der Waals surface area contributed by atoms with Gasteiger partial charge in [-0.05, 0) is 104 Å². The molecule has 0 saturated carbocycles. The zero-order chi connectivity index (χ0) is 45.4. The average Bonchev–Trinajstić information content (AvgIpc) is 3.42. The van der Waals surface area contributed by atoms with E-state index in [2.05, 4.69) is 280 Å². The SMILES string of the molecule is [C-]#[O+].[Mo].c1ccc(P(CCP(c2ccccc2)c2ccccc2)CCP(c2ccccc2)c2ccccc2)cc1.c1ccc(P(CP(c2ccccc2)c2ccccc2)c2ccccc2)cc1. The molecule has 0 amide bonds. The molecule has 0 aliphatic carbocycles. The van der Waals surface area contributed by atoms with Crippen molar-refractivity contribution >= 4 is 87.3 Å². The molecule has 0 heterocycles. The van der Waals surface area contributed by atoms with Gasteiger partial charge in [-0.3, -0.25) is 0 Å². The van der Waals surface area contributed by atoms with Gasteiger partial charge in [0, 0.05) is 27.0 Å². The Morgan fingerprint density at radius 3 is 0.582 bits per heavy atom. The molecule has 0 saturated heterocycles. The Labute approximate surface area is 420 Å². The molecule has 332 valence electrons. The molecule has 0 radical (unpaired) electrons. The first-order valence-corrected chi connectivity index (χ1v) is 30.1. The summed E-state index contributed by atoms with van der Waals surface area (Å²) >= 11 is 0. The van der Waals surface area contributed by atoms with Crippen LogP contribution in [0.15, 0.2) is 273 Å². The maximum absolute atomic E-state index is 7.50. The molecule has 0 aliphatic rings. The van der Waals surface area contributed by atoms with Crippen molar-refractivity contribution in [2.75, 3.05) is 30.6 Å². The first-order chi connectivity index (χ1) is 32.8. The second-order valence-corrected chi connectivity index (χ2v) is 27.4. The molecule has 9 aromatic carbocycles. The van der Waals surface area contributed by atoms with Crippen LogP contribution in [0, 0.1) is 6.65 Å². The van der Waals surface area contributed by atoms with E-state index < -0.39 is 15.8 Å². The largest absolute Gasteiger partial charge is 0.0746 e. The van der Waals surface area contributed by atoms with Gasteiger partial charge in [0.15, 0.2) is 0 Å². The predicted molar refractivity (Wildman–Crippen MR) is 298 cm³/mol. The van der Waals surface area contributed by atoms with Crippen LogP contribution in [0.2, 0.25) is 0 Å². The Morgan fingerprint density at radius 1 is 0.224 bits per heavy atom. The molecule has 67 heavy (non-hydrogen) atoms. The van der Waals surface area contributed by atoms with Crippen molar-refractivity contribution in [2.24, 2.45) is 0 Å². The molecule has 7 heteroatoms. The molecule has 1 nitrogen and oxygen atoms in total. The van der Waals surface area contributed by atoms with Gasteiger partial charge in [-0.1, -0.05) is 281 Å². The van der Waals surface area contributed by atoms with Gasteiger partial charge >= 0.3 is 11.3 Å².